The highest BCUT2D eigenvalue weighted by atomic mass is 32.2. The van der Waals surface area contributed by atoms with Crippen molar-refractivity contribution in [1.82, 2.24) is 14.6 Å². The number of fused-ring (bicyclic) bond motifs is 1. The third kappa shape index (κ3) is 4.10. The molecule has 0 bridgehead atoms. The first-order valence-corrected chi connectivity index (χ1v) is 10.8. The van der Waals surface area contributed by atoms with Crippen molar-refractivity contribution in [2.24, 2.45) is 5.92 Å². The first-order valence-electron chi connectivity index (χ1n) is 9.38. The Balaban J connectivity index is 1.47. The van der Waals surface area contributed by atoms with Gasteiger partial charge in [-0.05, 0) is 30.5 Å². The van der Waals surface area contributed by atoms with E-state index in [0.29, 0.717) is 31.4 Å². The first-order chi connectivity index (χ1) is 13.9. The first kappa shape index (κ1) is 19.4. The normalized spacial score (nSPS) is 18.0. The van der Waals surface area contributed by atoms with Crippen LogP contribution in [0.15, 0.2) is 62.6 Å². The summed E-state index contributed by atoms with van der Waals surface area (Å²) < 4.78 is 32.4. The van der Waals surface area contributed by atoms with Gasteiger partial charge in [0.25, 0.3) is 0 Å². The molecule has 1 atom stereocenters. The van der Waals surface area contributed by atoms with E-state index in [2.05, 4.69) is 10.3 Å². The Hall–Kier alpha value is -2.91. The summed E-state index contributed by atoms with van der Waals surface area (Å²) in [5.74, 6) is -1.19. The van der Waals surface area contributed by atoms with Gasteiger partial charge in [0, 0.05) is 25.7 Å². The largest absolute Gasteiger partial charge is 0.417 e. The summed E-state index contributed by atoms with van der Waals surface area (Å²) in [5, 5.41) is 2.89. The lowest BCUT2D eigenvalue weighted by atomic mass is 9.99. The van der Waals surface area contributed by atoms with E-state index >= 15 is 0 Å². The van der Waals surface area contributed by atoms with Gasteiger partial charge in [-0.3, -0.25) is 9.78 Å². The maximum Gasteiger partial charge on any atom is 0.417 e. The van der Waals surface area contributed by atoms with Gasteiger partial charge in [-0.1, -0.05) is 30.3 Å². The Morgan fingerprint density at radius 3 is 2.79 bits per heavy atom. The molecule has 8 nitrogen and oxygen atoms in total. The smallest absolute Gasteiger partial charge is 0.408 e. The number of amides is 1. The molecular formula is C20H21N3O5S. The second-order valence-corrected chi connectivity index (χ2v) is 9.02. The van der Waals surface area contributed by atoms with Gasteiger partial charge in [-0.15, -0.1) is 0 Å². The molecule has 1 unspecified atom stereocenters. The van der Waals surface area contributed by atoms with Crippen LogP contribution in [0.5, 0.6) is 0 Å². The fraction of sp³-hybridized carbons (Fsp3) is 0.300. The number of carbonyl (C=O) groups is 1. The molecule has 152 valence electrons. The Bertz CT molecular complexity index is 1180. The minimum atomic E-state index is -3.80. The average Bonchev–Trinajstić information content (AvgIpc) is 3.12. The Kier molecular flexibility index (Phi) is 5.25. The number of hydrogen-bond acceptors (Lipinski definition) is 5. The van der Waals surface area contributed by atoms with E-state index < -0.39 is 21.7 Å². The fourth-order valence-corrected chi connectivity index (χ4v) is 5.08. The summed E-state index contributed by atoms with van der Waals surface area (Å²) >= 11 is 0. The zero-order valence-corrected chi connectivity index (χ0v) is 16.4. The van der Waals surface area contributed by atoms with Crippen LogP contribution in [-0.2, 0) is 21.4 Å². The highest BCUT2D eigenvalue weighted by molar-refractivity contribution is 7.89. The van der Waals surface area contributed by atoms with Gasteiger partial charge >= 0.3 is 5.76 Å². The van der Waals surface area contributed by atoms with Crippen LogP contribution in [0.2, 0.25) is 0 Å². The fourth-order valence-electron chi connectivity index (χ4n) is 3.54. The summed E-state index contributed by atoms with van der Waals surface area (Å²) in [4.78, 5) is 26.4. The number of oxazole rings is 1. The lowest BCUT2D eigenvalue weighted by Gasteiger charge is -2.31. The van der Waals surface area contributed by atoms with E-state index in [-0.39, 0.29) is 22.9 Å². The summed E-state index contributed by atoms with van der Waals surface area (Å²) in [5.41, 5.74) is 1.61. The summed E-state index contributed by atoms with van der Waals surface area (Å²) in [6, 6.07) is 13.8. The standard InChI is InChI=1S/C20H21N3O5S/c24-19(21-12-14-5-2-1-3-6-14)15-7-4-10-23(13-15)29(26,27)16-8-9-17-18(11-16)28-20(25)22-17/h1-3,5-6,8-9,11,15H,4,7,10,12-13H2,(H,21,24)(H,22,25). The van der Waals surface area contributed by atoms with Crippen molar-refractivity contribution in [2.45, 2.75) is 24.3 Å². The summed E-state index contributed by atoms with van der Waals surface area (Å²) in [6.07, 6.45) is 1.24. The number of aromatic nitrogens is 1. The molecule has 1 aliphatic heterocycles. The minimum absolute atomic E-state index is 0.0399. The van der Waals surface area contributed by atoms with Crippen molar-refractivity contribution < 1.29 is 17.6 Å². The van der Waals surface area contributed by atoms with E-state index in [4.69, 9.17) is 4.42 Å². The molecule has 1 aromatic heterocycles. The number of aromatic amines is 1. The Morgan fingerprint density at radius 1 is 1.21 bits per heavy atom. The SMILES string of the molecule is O=C(NCc1ccccc1)C1CCCN(S(=O)(=O)c2ccc3[nH]c(=O)oc3c2)C1. The van der Waals surface area contributed by atoms with Crippen LogP contribution in [0.3, 0.4) is 0 Å². The maximum absolute atomic E-state index is 13.0. The van der Waals surface area contributed by atoms with Crippen LogP contribution < -0.4 is 11.1 Å². The van der Waals surface area contributed by atoms with Gasteiger partial charge in [-0.2, -0.15) is 4.31 Å². The van der Waals surface area contributed by atoms with Gasteiger partial charge in [0.1, 0.15) is 0 Å². The van der Waals surface area contributed by atoms with Gasteiger partial charge in [0.05, 0.1) is 16.3 Å². The molecule has 29 heavy (non-hydrogen) atoms. The number of nitrogens with one attached hydrogen (secondary N) is 2. The van der Waals surface area contributed by atoms with Gasteiger partial charge in [-0.25, -0.2) is 13.2 Å². The molecule has 2 heterocycles. The summed E-state index contributed by atoms with van der Waals surface area (Å²) in [7, 11) is -3.80. The zero-order valence-electron chi connectivity index (χ0n) is 15.6. The maximum atomic E-state index is 13.0. The highest BCUT2D eigenvalue weighted by Gasteiger charge is 2.33. The van der Waals surface area contributed by atoms with Crippen LogP contribution in [0.4, 0.5) is 0 Å². The molecule has 1 saturated heterocycles. The van der Waals surface area contributed by atoms with Crippen molar-refractivity contribution in [3.8, 4) is 0 Å². The predicted molar refractivity (Wildman–Crippen MR) is 107 cm³/mol. The third-order valence-electron chi connectivity index (χ3n) is 5.09. The molecule has 0 saturated carbocycles. The second kappa shape index (κ2) is 7.84. The van der Waals surface area contributed by atoms with Gasteiger partial charge in [0.2, 0.25) is 15.9 Å². The molecule has 1 aliphatic rings. The molecule has 1 fully saturated rings. The molecule has 2 N–H and O–H groups in total. The summed E-state index contributed by atoms with van der Waals surface area (Å²) in [6.45, 7) is 0.879. The molecule has 3 aromatic rings. The molecule has 0 radical (unpaired) electrons. The number of sulfonamides is 1. The quantitative estimate of drug-likeness (QED) is 0.660. The van der Waals surface area contributed by atoms with Gasteiger partial charge in [0.15, 0.2) is 5.58 Å². The van der Waals surface area contributed by atoms with Crippen molar-refractivity contribution in [3.05, 3.63) is 64.6 Å². The molecule has 0 spiro atoms. The third-order valence-corrected chi connectivity index (χ3v) is 6.96. The Labute approximate surface area is 167 Å². The van der Waals surface area contributed by atoms with E-state index in [9.17, 15) is 18.0 Å². The monoisotopic (exact) mass is 415 g/mol. The molecular weight excluding hydrogens is 394 g/mol. The van der Waals surface area contributed by atoms with E-state index in [1.807, 2.05) is 30.3 Å². The molecule has 0 aliphatic carbocycles. The van der Waals surface area contributed by atoms with Crippen LogP contribution in [0.1, 0.15) is 18.4 Å². The van der Waals surface area contributed by atoms with E-state index in [1.54, 1.807) is 0 Å². The van der Waals surface area contributed by atoms with Crippen molar-refractivity contribution >= 4 is 27.0 Å². The van der Waals surface area contributed by atoms with Crippen LogP contribution >= 0.6 is 0 Å². The lowest BCUT2D eigenvalue weighted by Crippen LogP contribution is -2.45. The minimum Gasteiger partial charge on any atom is -0.408 e. The van der Waals surface area contributed by atoms with E-state index in [0.717, 1.165) is 5.56 Å². The van der Waals surface area contributed by atoms with Crippen LogP contribution in [0, 0.1) is 5.92 Å². The molecule has 1 amide bonds. The second-order valence-electron chi connectivity index (χ2n) is 7.08. The number of H-pyrrole nitrogens is 1. The van der Waals surface area contributed by atoms with Crippen molar-refractivity contribution in [3.63, 3.8) is 0 Å². The van der Waals surface area contributed by atoms with Crippen LogP contribution in [-0.4, -0.2) is 36.7 Å². The lowest BCUT2D eigenvalue weighted by molar-refractivity contribution is -0.126. The number of hydrogen-bond donors (Lipinski definition) is 2. The number of carbonyl (C=O) groups excluding carboxylic acids is 1. The Morgan fingerprint density at radius 2 is 2.00 bits per heavy atom. The van der Waals surface area contributed by atoms with Gasteiger partial charge < -0.3 is 9.73 Å². The van der Waals surface area contributed by atoms with E-state index in [1.165, 1.54) is 22.5 Å². The predicted octanol–water partition coefficient (Wildman–Crippen LogP) is 1.84. The topological polar surface area (TPSA) is 112 Å². The average molecular weight is 415 g/mol. The number of nitrogens with zero attached hydrogens (tertiary/aromatic N) is 1. The highest BCUT2D eigenvalue weighted by Crippen LogP contribution is 2.25. The van der Waals surface area contributed by atoms with Crippen LogP contribution in [0.25, 0.3) is 11.1 Å². The van der Waals surface area contributed by atoms with Crippen molar-refractivity contribution in [1.29, 1.82) is 0 Å². The number of rotatable bonds is 5. The number of benzene rings is 2. The molecule has 2 aromatic carbocycles. The molecule has 4 rings (SSSR count). The zero-order chi connectivity index (χ0) is 20.4. The van der Waals surface area contributed by atoms with Crippen molar-refractivity contribution in [2.75, 3.05) is 13.1 Å². The number of piperidine rings is 1. The molecule has 9 heteroatoms.